The molecule has 47 heavy (non-hydrogen) atoms. The van der Waals surface area contributed by atoms with Crippen molar-refractivity contribution in [3.63, 3.8) is 0 Å². The summed E-state index contributed by atoms with van der Waals surface area (Å²) in [6.45, 7) is 2.64. The maximum absolute atomic E-state index is 14.0. The average Bonchev–Trinajstić information content (AvgIpc) is 3.49. The summed E-state index contributed by atoms with van der Waals surface area (Å²) in [5, 5.41) is 29.3. The van der Waals surface area contributed by atoms with E-state index < -0.39 is 52.4 Å². The number of carbonyl (C=O) groups is 2. The van der Waals surface area contributed by atoms with Crippen LogP contribution in [0.2, 0.25) is 0 Å². The molecule has 5 atom stereocenters. The normalized spacial score (nSPS) is 19.7. The highest BCUT2D eigenvalue weighted by molar-refractivity contribution is 7.87. The minimum Gasteiger partial charge on any atom is -0.393 e. The van der Waals surface area contributed by atoms with Crippen LogP contribution in [0.15, 0.2) is 35.7 Å². The lowest BCUT2D eigenvalue weighted by Gasteiger charge is -2.32. The Labute approximate surface area is 281 Å². The Morgan fingerprint density at radius 2 is 1.72 bits per heavy atom. The minimum atomic E-state index is -4.06. The van der Waals surface area contributed by atoms with E-state index in [2.05, 4.69) is 20.3 Å². The number of benzene rings is 1. The van der Waals surface area contributed by atoms with Gasteiger partial charge in [-0.15, -0.1) is 11.3 Å². The van der Waals surface area contributed by atoms with E-state index in [1.54, 1.807) is 29.6 Å². The topological polar surface area (TPSA) is 196 Å². The molecule has 7 N–H and O–H groups in total. The van der Waals surface area contributed by atoms with Crippen LogP contribution < -0.4 is 21.1 Å². The summed E-state index contributed by atoms with van der Waals surface area (Å²) >= 11 is 1.21. The van der Waals surface area contributed by atoms with E-state index in [-0.39, 0.29) is 45.6 Å². The third kappa shape index (κ3) is 11.8. The Kier molecular flexibility index (Phi) is 14.4. The summed E-state index contributed by atoms with van der Waals surface area (Å²) in [6, 6.07) is 6.01. The zero-order valence-corrected chi connectivity index (χ0v) is 28.7. The van der Waals surface area contributed by atoms with Crippen molar-refractivity contribution < 1.29 is 33.0 Å². The van der Waals surface area contributed by atoms with E-state index in [0.29, 0.717) is 29.6 Å². The molecule has 2 heterocycles. The number of rotatable bonds is 17. The van der Waals surface area contributed by atoms with Gasteiger partial charge in [0.2, 0.25) is 11.8 Å². The zero-order valence-electron chi connectivity index (χ0n) is 27.1. The number of amides is 2. The first kappa shape index (κ1) is 37.2. The molecule has 4 rings (SSSR count). The number of nitrogen functional groups attached to an aromatic ring is 1. The number of anilines is 1. The number of nitrogens with one attached hydrogen (secondary N) is 3. The molecule has 262 valence electrons. The van der Waals surface area contributed by atoms with Gasteiger partial charge in [-0.3, -0.25) is 9.59 Å². The first-order chi connectivity index (χ1) is 22.5. The third-order valence-electron chi connectivity index (χ3n) is 8.90. The maximum Gasteiger partial charge on any atom is 0.280 e. The van der Waals surface area contributed by atoms with Gasteiger partial charge in [0.1, 0.15) is 12.1 Å². The van der Waals surface area contributed by atoms with Crippen molar-refractivity contribution in [2.45, 2.75) is 101 Å². The second-order valence-corrected chi connectivity index (χ2v) is 15.1. The summed E-state index contributed by atoms with van der Waals surface area (Å²) in [5.74, 6) is -0.899. The van der Waals surface area contributed by atoms with Crippen LogP contribution in [0, 0.1) is 5.92 Å². The quantitative estimate of drug-likeness (QED) is 0.142. The fourth-order valence-corrected chi connectivity index (χ4v) is 8.08. The largest absolute Gasteiger partial charge is 0.393 e. The van der Waals surface area contributed by atoms with Gasteiger partial charge in [-0.25, -0.2) is 4.98 Å². The van der Waals surface area contributed by atoms with Gasteiger partial charge in [-0.1, -0.05) is 69.4 Å². The second kappa shape index (κ2) is 18.2. The van der Waals surface area contributed by atoms with Crippen molar-refractivity contribution in [1.82, 2.24) is 24.6 Å². The van der Waals surface area contributed by atoms with Crippen molar-refractivity contribution in [2.24, 2.45) is 5.92 Å². The molecule has 1 aliphatic heterocycles. The standard InChI is InChI=1S/C32H50N6O7S2/c1-2-25(39)20-29(40)26(17-22-9-5-3-6-10-22)35-30(41)27(19-24-21-46-32(33)34-24)36-31(42)28(18-23-11-7-4-8-12-23)37-47(43,44)38-13-15-45-16-14-38/h4,7-8,11-12,21-22,25-29,37,39-40H,2-3,5-6,9-10,13-20H2,1H3,(H2,33,34)(H,35,41)(H,36,42)/t25-,26+,27+,28+,29+/m1/s1. The summed E-state index contributed by atoms with van der Waals surface area (Å²) in [7, 11) is -4.06. The fourth-order valence-electron chi connectivity index (χ4n) is 6.17. The van der Waals surface area contributed by atoms with Gasteiger partial charge in [0, 0.05) is 31.3 Å². The molecule has 2 aromatic rings. The summed E-state index contributed by atoms with van der Waals surface area (Å²) < 4.78 is 35.8. The number of morpholine rings is 1. The van der Waals surface area contributed by atoms with Crippen LogP contribution in [0.4, 0.5) is 5.13 Å². The van der Waals surface area contributed by atoms with Crippen LogP contribution in [0.3, 0.4) is 0 Å². The number of hydrogen-bond acceptors (Lipinski definition) is 10. The van der Waals surface area contributed by atoms with Gasteiger partial charge >= 0.3 is 0 Å². The van der Waals surface area contributed by atoms with Crippen molar-refractivity contribution in [1.29, 1.82) is 0 Å². The Morgan fingerprint density at radius 3 is 2.36 bits per heavy atom. The molecule has 1 aliphatic carbocycles. The fraction of sp³-hybridized carbons (Fsp3) is 0.656. The Hall–Kier alpha value is -2.66. The highest BCUT2D eigenvalue weighted by Crippen LogP contribution is 2.29. The van der Waals surface area contributed by atoms with Gasteiger partial charge in [0.05, 0.1) is 37.2 Å². The van der Waals surface area contributed by atoms with Gasteiger partial charge in [-0.05, 0) is 30.7 Å². The molecule has 1 saturated carbocycles. The minimum absolute atomic E-state index is 0.00335. The molecule has 2 amide bonds. The number of nitrogens with two attached hydrogens (primary N) is 1. The Bertz CT molecular complexity index is 1370. The van der Waals surface area contributed by atoms with Crippen LogP contribution in [0.25, 0.3) is 0 Å². The SMILES string of the molecule is CC[C@@H](O)C[C@H](O)[C@H](CC1CCCCC1)NC(=O)[C@H](Cc1csc(N)n1)NC(=O)[C@H](Cc1ccccc1)NS(=O)(=O)N1CCOCC1. The molecule has 0 unspecified atom stereocenters. The second-order valence-electron chi connectivity index (χ2n) is 12.5. The Morgan fingerprint density at radius 1 is 1.04 bits per heavy atom. The molecule has 1 aromatic heterocycles. The van der Waals surface area contributed by atoms with Crippen molar-refractivity contribution in [3.05, 3.63) is 47.0 Å². The van der Waals surface area contributed by atoms with E-state index in [1.165, 1.54) is 15.6 Å². The molecule has 0 spiro atoms. The van der Waals surface area contributed by atoms with Crippen molar-refractivity contribution in [2.75, 3.05) is 32.0 Å². The lowest BCUT2D eigenvalue weighted by atomic mass is 9.83. The number of aliphatic hydroxyl groups is 2. The average molecular weight is 695 g/mol. The van der Waals surface area contributed by atoms with E-state index in [0.717, 1.165) is 37.7 Å². The van der Waals surface area contributed by atoms with Crippen LogP contribution in [-0.4, -0.2) is 96.4 Å². The molecular weight excluding hydrogens is 645 g/mol. The highest BCUT2D eigenvalue weighted by atomic mass is 32.2. The molecule has 2 fully saturated rings. The van der Waals surface area contributed by atoms with Crippen LogP contribution in [-0.2, 0) is 37.4 Å². The predicted octanol–water partition coefficient (Wildman–Crippen LogP) is 1.51. The molecule has 15 heteroatoms. The van der Waals surface area contributed by atoms with Crippen molar-refractivity contribution >= 4 is 38.5 Å². The van der Waals surface area contributed by atoms with E-state index in [9.17, 15) is 28.2 Å². The zero-order chi connectivity index (χ0) is 33.8. The summed E-state index contributed by atoms with van der Waals surface area (Å²) in [5.41, 5.74) is 7.09. The van der Waals surface area contributed by atoms with Crippen LogP contribution in [0.1, 0.15) is 69.5 Å². The van der Waals surface area contributed by atoms with E-state index >= 15 is 0 Å². The highest BCUT2D eigenvalue weighted by Gasteiger charge is 2.35. The van der Waals surface area contributed by atoms with Crippen LogP contribution in [0.5, 0.6) is 0 Å². The van der Waals surface area contributed by atoms with E-state index in [4.69, 9.17) is 10.5 Å². The lowest BCUT2D eigenvalue weighted by Crippen LogP contribution is -2.59. The number of aliphatic hydroxyl groups excluding tert-OH is 2. The molecule has 1 saturated heterocycles. The monoisotopic (exact) mass is 694 g/mol. The summed E-state index contributed by atoms with van der Waals surface area (Å²) in [6.07, 6.45) is 4.79. The maximum atomic E-state index is 14.0. The molecule has 13 nitrogen and oxygen atoms in total. The van der Waals surface area contributed by atoms with Gasteiger partial charge in [0.25, 0.3) is 10.2 Å². The third-order valence-corrected chi connectivity index (χ3v) is 11.3. The molecular formula is C32H50N6O7S2. The smallest absolute Gasteiger partial charge is 0.280 e. The number of thiazole rings is 1. The lowest BCUT2D eigenvalue weighted by molar-refractivity contribution is -0.130. The number of carbonyl (C=O) groups excluding carboxylic acids is 2. The predicted molar refractivity (Wildman–Crippen MR) is 181 cm³/mol. The number of hydrogen-bond donors (Lipinski definition) is 6. The molecule has 0 bridgehead atoms. The molecule has 0 radical (unpaired) electrons. The first-order valence-electron chi connectivity index (χ1n) is 16.6. The number of aromatic nitrogens is 1. The Balaban J connectivity index is 1.57. The van der Waals surface area contributed by atoms with E-state index in [1.807, 2.05) is 13.0 Å². The van der Waals surface area contributed by atoms with Crippen LogP contribution >= 0.6 is 11.3 Å². The first-order valence-corrected chi connectivity index (χ1v) is 18.9. The molecule has 1 aromatic carbocycles. The number of ether oxygens (including phenoxy) is 1. The van der Waals surface area contributed by atoms with Crippen molar-refractivity contribution in [3.8, 4) is 0 Å². The summed E-state index contributed by atoms with van der Waals surface area (Å²) in [4.78, 5) is 32.2. The van der Waals surface area contributed by atoms with Gasteiger partial charge in [0.15, 0.2) is 5.13 Å². The van der Waals surface area contributed by atoms with Gasteiger partial charge in [-0.2, -0.15) is 17.4 Å². The molecule has 2 aliphatic rings. The number of nitrogens with zero attached hydrogens (tertiary/aromatic N) is 2. The van der Waals surface area contributed by atoms with Gasteiger partial charge < -0.3 is 31.3 Å².